The fourth-order valence-corrected chi connectivity index (χ4v) is 4.28. The lowest BCUT2D eigenvalue weighted by Crippen LogP contribution is -2.25. The van der Waals surface area contributed by atoms with Crippen LogP contribution in [0.5, 0.6) is 0 Å². The second-order valence-electron chi connectivity index (χ2n) is 7.84. The quantitative estimate of drug-likeness (QED) is 0.532. The molecule has 3 rings (SSSR count). The van der Waals surface area contributed by atoms with Gasteiger partial charge in [0.1, 0.15) is 11.5 Å². The highest BCUT2D eigenvalue weighted by Gasteiger charge is 2.23. The second-order valence-corrected chi connectivity index (χ2v) is 7.84. The van der Waals surface area contributed by atoms with Gasteiger partial charge in [0.05, 0.1) is 11.3 Å². The number of aromatic nitrogens is 2. The summed E-state index contributed by atoms with van der Waals surface area (Å²) in [6.45, 7) is 18.2. The van der Waals surface area contributed by atoms with E-state index in [1.165, 1.54) is 27.8 Å². The minimum Gasteiger partial charge on any atom is -0.441 e. The molecular weight excluding hydrogens is 334 g/mol. The molecule has 0 aliphatic rings. The van der Waals surface area contributed by atoms with Gasteiger partial charge in [-0.15, -0.1) is 0 Å². The summed E-state index contributed by atoms with van der Waals surface area (Å²) in [7, 11) is 0. The molecule has 0 unspecified atom stereocenters. The summed E-state index contributed by atoms with van der Waals surface area (Å²) >= 11 is 0. The lowest BCUT2D eigenvalue weighted by Gasteiger charge is -2.20. The van der Waals surface area contributed by atoms with Crippen molar-refractivity contribution in [2.75, 3.05) is 13.1 Å². The molecule has 4 heteroatoms. The van der Waals surface area contributed by atoms with Crippen molar-refractivity contribution in [1.29, 1.82) is 0 Å². The number of oxazole rings is 1. The van der Waals surface area contributed by atoms with E-state index in [1.807, 2.05) is 4.52 Å². The highest BCUT2D eigenvalue weighted by atomic mass is 16.4. The van der Waals surface area contributed by atoms with Crippen LogP contribution < -0.4 is 0 Å². The molecule has 0 saturated heterocycles. The molecular formula is C23H33N3O. The molecule has 4 nitrogen and oxygen atoms in total. The summed E-state index contributed by atoms with van der Waals surface area (Å²) in [5.74, 6) is 0.936. The molecule has 0 N–H and O–H groups in total. The minimum atomic E-state index is 0.898. The monoisotopic (exact) mass is 367 g/mol. The molecule has 3 aromatic rings. The number of rotatable bonds is 7. The van der Waals surface area contributed by atoms with Gasteiger partial charge in [-0.1, -0.05) is 31.5 Å². The Morgan fingerprint density at radius 2 is 1.56 bits per heavy atom. The molecule has 0 aliphatic heterocycles. The molecule has 0 fully saturated rings. The van der Waals surface area contributed by atoms with E-state index < -0.39 is 0 Å². The summed E-state index contributed by atoms with van der Waals surface area (Å²) in [5.41, 5.74) is 9.34. The predicted molar refractivity (Wildman–Crippen MR) is 112 cm³/mol. The van der Waals surface area contributed by atoms with Gasteiger partial charge in [-0.2, -0.15) is 9.61 Å². The normalized spacial score (nSPS) is 11.9. The summed E-state index contributed by atoms with van der Waals surface area (Å²) in [6.07, 6.45) is 2.32. The van der Waals surface area contributed by atoms with Crippen molar-refractivity contribution in [3.63, 3.8) is 0 Å². The first-order valence-corrected chi connectivity index (χ1v) is 10.2. The number of hydrogen-bond acceptors (Lipinski definition) is 3. The van der Waals surface area contributed by atoms with Gasteiger partial charge in [-0.3, -0.25) is 4.90 Å². The minimum absolute atomic E-state index is 0.898. The molecule has 0 saturated carbocycles. The van der Waals surface area contributed by atoms with Gasteiger partial charge >= 0.3 is 0 Å². The molecule has 2 heterocycles. The first kappa shape index (κ1) is 19.7. The van der Waals surface area contributed by atoms with Crippen molar-refractivity contribution in [1.82, 2.24) is 14.5 Å². The number of hydrogen-bond donors (Lipinski definition) is 0. The number of fused-ring (bicyclic) bond motifs is 1. The van der Waals surface area contributed by atoms with E-state index in [4.69, 9.17) is 9.52 Å². The smallest absolute Gasteiger partial charge is 0.227 e. The molecule has 0 spiro atoms. The maximum absolute atomic E-state index is 6.28. The van der Waals surface area contributed by atoms with Crippen LogP contribution in [-0.4, -0.2) is 27.6 Å². The van der Waals surface area contributed by atoms with Crippen LogP contribution in [0.2, 0.25) is 0 Å². The van der Waals surface area contributed by atoms with Crippen LogP contribution in [-0.2, 0) is 6.54 Å². The summed E-state index contributed by atoms with van der Waals surface area (Å²) in [4.78, 5) is 2.50. The van der Waals surface area contributed by atoms with Crippen molar-refractivity contribution in [3.8, 4) is 11.3 Å². The van der Waals surface area contributed by atoms with Crippen LogP contribution in [0.15, 0.2) is 16.5 Å². The van der Waals surface area contributed by atoms with Gasteiger partial charge in [0.15, 0.2) is 0 Å². The maximum Gasteiger partial charge on any atom is 0.227 e. The number of nitrogens with zero attached hydrogens (tertiary/aromatic N) is 3. The topological polar surface area (TPSA) is 33.7 Å². The Morgan fingerprint density at radius 1 is 0.963 bits per heavy atom. The Hall–Kier alpha value is -2.07. The zero-order valence-corrected chi connectivity index (χ0v) is 17.9. The van der Waals surface area contributed by atoms with Crippen LogP contribution in [0.25, 0.3) is 17.0 Å². The Balaban J connectivity index is 2.12. The molecule has 0 aliphatic carbocycles. The molecule has 27 heavy (non-hydrogen) atoms. The zero-order valence-electron chi connectivity index (χ0n) is 17.9. The van der Waals surface area contributed by atoms with E-state index in [2.05, 4.69) is 65.5 Å². The third kappa shape index (κ3) is 3.68. The lowest BCUT2D eigenvalue weighted by atomic mass is 9.97. The van der Waals surface area contributed by atoms with Gasteiger partial charge < -0.3 is 4.42 Å². The Labute approximate surface area is 163 Å². The Bertz CT molecular complexity index is 919. The van der Waals surface area contributed by atoms with E-state index >= 15 is 0 Å². The van der Waals surface area contributed by atoms with Crippen molar-refractivity contribution < 1.29 is 4.42 Å². The van der Waals surface area contributed by atoms with Crippen LogP contribution in [0.4, 0.5) is 0 Å². The lowest BCUT2D eigenvalue weighted by molar-refractivity contribution is 0.266. The summed E-state index contributed by atoms with van der Waals surface area (Å²) in [5, 5.41) is 4.88. The van der Waals surface area contributed by atoms with Gasteiger partial charge in [-0.25, -0.2) is 0 Å². The van der Waals surface area contributed by atoms with E-state index in [0.29, 0.717) is 0 Å². The highest BCUT2D eigenvalue weighted by Crippen LogP contribution is 2.34. The first-order chi connectivity index (χ1) is 12.9. The van der Waals surface area contributed by atoms with E-state index in [9.17, 15) is 0 Å². The molecule has 0 bridgehead atoms. The van der Waals surface area contributed by atoms with Crippen LogP contribution in [0.3, 0.4) is 0 Å². The second kappa shape index (κ2) is 7.89. The summed E-state index contributed by atoms with van der Waals surface area (Å²) in [6, 6.07) is 4.48. The standard InChI is InChI=1S/C23H33N3O/c1-8-10-25(11-9-2)14-20-18(6)24-26-22(19(7)27-23(20)26)21-16(4)12-15(3)13-17(21)5/h12-13H,8-11,14H2,1-7H3. The van der Waals surface area contributed by atoms with E-state index in [-0.39, 0.29) is 0 Å². The fraction of sp³-hybridized carbons (Fsp3) is 0.522. The van der Waals surface area contributed by atoms with Gasteiger partial charge in [0.2, 0.25) is 5.71 Å². The number of aryl methyl sites for hydroxylation is 5. The largest absolute Gasteiger partial charge is 0.441 e. The molecule has 0 amide bonds. The fourth-order valence-electron chi connectivity index (χ4n) is 4.28. The van der Waals surface area contributed by atoms with Gasteiger partial charge in [-0.05, 0) is 71.7 Å². The van der Waals surface area contributed by atoms with E-state index in [0.717, 1.165) is 55.3 Å². The zero-order chi connectivity index (χ0) is 19.7. The third-order valence-electron chi connectivity index (χ3n) is 5.31. The Kier molecular flexibility index (Phi) is 5.75. The highest BCUT2D eigenvalue weighted by molar-refractivity contribution is 5.73. The first-order valence-electron chi connectivity index (χ1n) is 10.2. The predicted octanol–water partition coefficient (Wildman–Crippen LogP) is 5.76. The molecule has 0 atom stereocenters. The van der Waals surface area contributed by atoms with Gasteiger partial charge in [0.25, 0.3) is 0 Å². The van der Waals surface area contributed by atoms with Gasteiger partial charge in [0, 0.05) is 12.1 Å². The van der Waals surface area contributed by atoms with Crippen molar-refractivity contribution >= 4 is 5.71 Å². The summed E-state index contributed by atoms with van der Waals surface area (Å²) < 4.78 is 8.31. The Morgan fingerprint density at radius 3 is 2.11 bits per heavy atom. The molecule has 1 aromatic carbocycles. The van der Waals surface area contributed by atoms with E-state index in [1.54, 1.807) is 0 Å². The molecule has 146 valence electrons. The average molecular weight is 368 g/mol. The van der Waals surface area contributed by atoms with Crippen molar-refractivity contribution in [2.45, 2.75) is 67.9 Å². The SMILES string of the molecule is CCCN(CCC)Cc1c(C)nn2c(-c3c(C)cc(C)cc3C)c(C)oc12. The average Bonchev–Trinajstić information content (AvgIpc) is 3.03. The third-order valence-corrected chi connectivity index (χ3v) is 5.31. The number of benzene rings is 1. The van der Waals surface area contributed by atoms with Crippen LogP contribution in [0, 0.1) is 34.6 Å². The van der Waals surface area contributed by atoms with Crippen LogP contribution >= 0.6 is 0 Å². The molecule has 2 aromatic heterocycles. The molecule has 0 radical (unpaired) electrons. The van der Waals surface area contributed by atoms with Crippen molar-refractivity contribution in [2.24, 2.45) is 0 Å². The van der Waals surface area contributed by atoms with Crippen molar-refractivity contribution in [3.05, 3.63) is 45.8 Å². The maximum atomic E-state index is 6.28. The van der Waals surface area contributed by atoms with Crippen LogP contribution in [0.1, 0.15) is 60.4 Å².